The lowest BCUT2D eigenvalue weighted by Crippen LogP contribution is -2.30. The summed E-state index contributed by atoms with van der Waals surface area (Å²) in [5, 5.41) is 5.64. The highest BCUT2D eigenvalue weighted by atomic mass is 32.1. The minimum atomic E-state index is 0.552. The van der Waals surface area contributed by atoms with E-state index in [1.807, 2.05) is 11.3 Å². The summed E-state index contributed by atoms with van der Waals surface area (Å²) in [4.78, 5) is 1.46. The van der Waals surface area contributed by atoms with Gasteiger partial charge in [-0.1, -0.05) is 18.6 Å². The number of hydrogen-bond donors (Lipinski definition) is 1. The van der Waals surface area contributed by atoms with Crippen molar-refractivity contribution >= 4 is 11.3 Å². The van der Waals surface area contributed by atoms with E-state index in [1.54, 1.807) is 0 Å². The van der Waals surface area contributed by atoms with Crippen molar-refractivity contribution in [3.8, 4) is 0 Å². The van der Waals surface area contributed by atoms with Crippen LogP contribution in [0.3, 0.4) is 0 Å². The van der Waals surface area contributed by atoms with Crippen molar-refractivity contribution in [1.82, 2.24) is 5.32 Å². The first-order valence-corrected chi connectivity index (χ1v) is 6.00. The van der Waals surface area contributed by atoms with Gasteiger partial charge in [-0.05, 0) is 37.8 Å². The van der Waals surface area contributed by atoms with Crippen molar-refractivity contribution < 1.29 is 0 Å². The molecule has 0 spiro atoms. The van der Waals surface area contributed by atoms with E-state index < -0.39 is 0 Å². The van der Waals surface area contributed by atoms with Gasteiger partial charge in [0.1, 0.15) is 0 Å². The summed E-state index contributed by atoms with van der Waals surface area (Å²) in [6.07, 6.45) is 2.20. The second-order valence-corrected chi connectivity index (χ2v) is 4.73. The summed E-state index contributed by atoms with van der Waals surface area (Å²) < 4.78 is 0. The lowest BCUT2D eigenvalue weighted by atomic mass is 10.0. The minimum absolute atomic E-state index is 0.552. The number of rotatable bonds is 6. The zero-order chi connectivity index (χ0) is 10.4. The third kappa shape index (κ3) is 4.07. The number of nitrogens with one attached hydrogen (secondary N) is 1. The Morgan fingerprint density at radius 1 is 1.64 bits per heavy atom. The van der Waals surface area contributed by atoms with Crippen LogP contribution in [0.5, 0.6) is 0 Å². The van der Waals surface area contributed by atoms with E-state index in [2.05, 4.69) is 43.3 Å². The molecule has 1 aromatic rings. The van der Waals surface area contributed by atoms with Gasteiger partial charge >= 0.3 is 0 Å². The molecule has 0 aromatic carbocycles. The molecule has 0 fully saturated rings. The van der Waals surface area contributed by atoms with Gasteiger partial charge in [0.15, 0.2) is 0 Å². The highest BCUT2D eigenvalue weighted by Gasteiger charge is 2.08. The van der Waals surface area contributed by atoms with E-state index in [9.17, 15) is 0 Å². The lowest BCUT2D eigenvalue weighted by Gasteiger charge is -2.16. The van der Waals surface area contributed by atoms with Gasteiger partial charge in [-0.2, -0.15) is 0 Å². The smallest absolute Gasteiger partial charge is 0.0152 e. The Hall–Kier alpha value is -0.600. The summed E-state index contributed by atoms with van der Waals surface area (Å²) >= 11 is 1.83. The summed E-state index contributed by atoms with van der Waals surface area (Å²) in [7, 11) is 0. The van der Waals surface area contributed by atoms with E-state index in [1.165, 1.54) is 10.5 Å². The maximum Gasteiger partial charge on any atom is 0.0152 e. The quantitative estimate of drug-likeness (QED) is 0.709. The largest absolute Gasteiger partial charge is 0.314 e. The molecule has 1 unspecified atom stereocenters. The van der Waals surface area contributed by atoms with E-state index >= 15 is 0 Å². The van der Waals surface area contributed by atoms with Crippen LogP contribution in [-0.2, 0) is 6.42 Å². The second-order valence-electron chi connectivity index (χ2n) is 3.70. The van der Waals surface area contributed by atoms with Crippen molar-refractivity contribution in [2.45, 2.75) is 32.7 Å². The molecule has 0 bridgehead atoms. The van der Waals surface area contributed by atoms with Crippen molar-refractivity contribution in [3.63, 3.8) is 0 Å². The average Bonchev–Trinajstić information content (AvgIpc) is 2.56. The van der Waals surface area contributed by atoms with Crippen molar-refractivity contribution in [1.29, 1.82) is 0 Å². The van der Waals surface area contributed by atoms with Crippen LogP contribution in [0.2, 0.25) is 0 Å². The van der Waals surface area contributed by atoms with Crippen molar-refractivity contribution in [2.24, 2.45) is 0 Å². The highest BCUT2D eigenvalue weighted by molar-refractivity contribution is 7.09. The summed E-state index contributed by atoms with van der Waals surface area (Å²) in [5.41, 5.74) is 1.26. The van der Waals surface area contributed by atoms with Gasteiger partial charge in [0.25, 0.3) is 0 Å². The maximum atomic E-state index is 3.97. The molecule has 1 nitrogen and oxygen atoms in total. The van der Waals surface area contributed by atoms with E-state index in [4.69, 9.17) is 0 Å². The molecule has 0 amide bonds. The minimum Gasteiger partial charge on any atom is -0.314 e. The van der Waals surface area contributed by atoms with Gasteiger partial charge in [-0.25, -0.2) is 0 Å². The molecule has 1 heterocycles. The Balaban J connectivity index is 2.46. The predicted octanol–water partition coefficient (Wildman–Crippen LogP) is 3.23. The molecule has 0 aliphatic carbocycles. The Bertz CT molecular complexity index is 264. The Kier molecular flexibility index (Phi) is 4.91. The fourth-order valence-corrected chi connectivity index (χ4v) is 2.38. The third-order valence-corrected chi connectivity index (χ3v) is 3.01. The highest BCUT2D eigenvalue weighted by Crippen LogP contribution is 2.14. The van der Waals surface area contributed by atoms with E-state index in [0.717, 1.165) is 19.4 Å². The van der Waals surface area contributed by atoms with Gasteiger partial charge in [0, 0.05) is 10.9 Å². The number of likely N-dealkylation sites (N-methyl/N-ethyl adjacent to an activating group) is 1. The molecule has 78 valence electrons. The molecule has 1 atom stereocenters. The Morgan fingerprint density at radius 2 is 2.43 bits per heavy atom. The summed E-state index contributed by atoms with van der Waals surface area (Å²) in [6, 6.07) is 4.87. The lowest BCUT2D eigenvalue weighted by molar-refractivity contribution is 0.523. The number of thiophene rings is 1. The summed E-state index contributed by atoms with van der Waals surface area (Å²) in [5.74, 6) is 0. The molecule has 1 aromatic heterocycles. The van der Waals surface area contributed by atoms with Crippen molar-refractivity contribution in [2.75, 3.05) is 6.54 Å². The zero-order valence-electron chi connectivity index (χ0n) is 9.05. The SMILES string of the molecule is C=C(C)CC(Cc1cccs1)NCC. The molecule has 0 saturated carbocycles. The third-order valence-electron chi connectivity index (χ3n) is 2.12. The van der Waals surface area contributed by atoms with Crippen LogP contribution in [-0.4, -0.2) is 12.6 Å². The van der Waals surface area contributed by atoms with E-state index in [-0.39, 0.29) is 0 Å². The fraction of sp³-hybridized carbons (Fsp3) is 0.500. The topological polar surface area (TPSA) is 12.0 Å². The molecular formula is C12H19NS. The van der Waals surface area contributed by atoms with Gasteiger partial charge in [0.05, 0.1) is 0 Å². The van der Waals surface area contributed by atoms with Crippen LogP contribution in [0.25, 0.3) is 0 Å². The van der Waals surface area contributed by atoms with Crippen LogP contribution in [0.1, 0.15) is 25.1 Å². The predicted molar refractivity (Wildman–Crippen MR) is 64.9 cm³/mol. The maximum absolute atomic E-state index is 3.97. The second kappa shape index (κ2) is 5.99. The van der Waals surface area contributed by atoms with Gasteiger partial charge in [0.2, 0.25) is 0 Å². The molecule has 0 saturated heterocycles. The van der Waals surface area contributed by atoms with Gasteiger partial charge in [-0.3, -0.25) is 0 Å². The van der Waals surface area contributed by atoms with Gasteiger partial charge in [-0.15, -0.1) is 17.9 Å². The molecular weight excluding hydrogens is 190 g/mol. The molecule has 0 aliphatic heterocycles. The first kappa shape index (κ1) is 11.5. The summed E-state index contributed by atoms with van der Waals surface area (Å²) in [6.45, 7) is 9.25. The molecule has 1 rings (SSSR count). The Labute approximate surface area is 90.9 Å². The molecule has 0 radical (unpaired) electrons. The van der Waals surface area contributed by atoms with Crippen LogP contribution in [0.4, 0.5) is 0 Å². The monoisotopic (exact) mass is 209 g/mol. The van der Waals surface area contributed by atoms with Gasteiger partial charge < -0.3 is 5.32 Å². The molecule has 1 N–H and O–H groups in total. The molecule has 0 aliphatic rings. The van der Waals surface area contributed by atoms with Crippen molar-refractivity contribution in [3.05, 3.63) is 34.5 Å². The van der Waals surface area contributed by atoms with Crippen LogP contribution in [0.15, 0.2) is 29.7 Å². The van der Waals surface area contributed by atoms with Crippen LogP contribution >= 0.6 is 11.3 Å². The first-order valence-electron chi connectivity index (χ1n) is 5.12. The Morgan fingerprint density at radius 3 is 2.93 bits per heavy atom. The number of hydrogen-bond acceptors (Lipinski definition) is 2. The average molecular weight is 209 g/mol. The standard InChI is InChI=1S/C12H19NS/c1-4-13-11(8-10(2)3)9-12-6-5-7-14-12/h5-7,11,13H,2,4,8-9H2,1,3H3. The zero-order valence-corrected chi connectivity index (χ0v) is 9.86. The molecule has 14 heavy (non-hydrogen) atoms. The first-order chi connectivity index (χ1) is 6.72. The molecule has 2 heteroatoms. The van der Waals surface area contributed by atoms with Crippen LogP contribution < -0.4 is 5.32 Å². The van der Waals surface area contributed by atoms with Crippen LogP contribution in [0, 0.1) is 0 Å². The van der Waals surface area contributed by atoms with E-state index in [0.29, 0.717) is 6.04 Å². The fourth-order valence-electron chi connectivity index (χ4n) is 1.60. The normalized spacial score (nSPS) is 12.7.